The van der Waals surface area contributed by atoms with Gasteiger partial charge in [0.2, 0.25) is 0 Å². The molecule has 0 radical (unpaired) electrons. The maximum Gasteiger partial charge on any atom is 0.0473 e. The molecule has 0 aromatic heterocycles. The monoisotopic (exact) mass is 946 g/mol. The molecule has 0 N–H and O–H groups in total. The summed E-state index contributed by atoms with van der Waals surface area (Å²) in [6.07, 6.45) is 0. The fourth-order valence-corrected chi connectivity index (χ4v) is 10.5. The molecule has 0 aliphatic heterocycles. The minimum absolute atomic E-state index is 1.08. The van der Waals surface area contributed by atoms with Crippen molar-refractivity contribution in [2.75, 3.05) is 9.80 Å². The van der Waals surface area contributed by atoms with Crippen LogP contribution in [0.25, 0.3) is 77.5 Å². The Balaban J connectivity index is 0.909. The number of benzene rings is 12. The third-order valence-electron chi connectivity index (χ3n) is 14.1. The fourth-order valence-electron chi connectivity index (χ4n) is 10.5. The van der Waals surface area contributed by atoms with Gasteiger partial charge in [-0.15, -0.1) is 0 Å². The van der Waals surface area contributed by atoms with E-state index in [1.165, 1.54) is 77.5 Å². The minimum atomic E-state index is 1.08. The van der Waals surface area contributed by atoms with E-state index >= 15 is 0 Å². The molecule has 12 aromatic rings. The molecule has 0 aliphatic rings. The van der Waals surface area contributed by atoms with Crippen LogP contribution in [0.1, 0.15) is 11.1 Å². The zero-order chi connectivity index (χ0) is 49.8. The van der Waals surface area contributed by atoms with Gasteiger partial charge in [0.05, 0.1) is 0 Å². The first-order chi connectivity index (χ1) is 36.5. The predicted octanol–water partition coefficient (Wildman–Crippen LogP) is 20.4. The highest BCUT2D eigenvalue weighted by molar-refractivity contribution is 5.97. The van der Waals surface area contributed by atoms with Crippen molar-refractivity contribution in [1.29, 1.82) is 0 Å². The van der Waals surface area contributed by atoms with Gasteiger partial charge in [0.1, 0.15) is 0 Å². The Morgan fingerprint density at radius 1 is 0.203 bits per heavy atom. The van der Waals surface area contributed by atoms with Crippen LogP contribution < -0.4 is 9.80 Å². The maximum atomic E-state index is 2.40. The van der Waals surface area contributed by atoms with E-state index in [4.69, 9.17) is 0 Å². The van der Waals surface area contributed by atoms with Gasteiger partial charge in [-0.05, 0) is 170 Å². The molecule has 0 saturated heterocycles. The summed E-state index contributed by atoms with van der Waals surface area (Å²) < 4.78 is 0. The van der Waals surface area contributed by atoms with Gasteiger partial charge in [-0.3, -0.25) is 0 Å². The first-order valence-corrected chi connectivity index (χ1v) is 25.5. The molecular weight excluding hydrogens is 893 g/mol. The lowest BCUT2D eigenvalue weighted by Gasteiger charge is -2.27. The van der Waals surface area contributed by atoms with Crippen LogP contribution in [0.3, 0.4) is 0 Å². The van der Waals surface area contributed by atoms with Crippen LogP contribution in [0.2, 0.25) is 0 Å². The number of hydrogen-bond acceptors (Lipinski definition) is 2. The molecule has 0 saturated carbocycles. The summed E-state index contributed by atoms with van der Waals surface area (Å²) in [7, 11) is 0. The third kappa shape index (κ3) is 9.53. The largest absolute Gasteiger partial charge is 0.311 e. The van der Waals surface area contributed by atoms with E-state index in [1.54, 1.807) is 0 Å². The van der Waals surface area contributed by atoms with Crippen LogP contribution in [-0.4, -0.2) is 0 Å². The lowest BCUT2D eigenvalue weighted by atomic mass is 9.95. The molecule has 0 heterocycles. The van der Waals surface area contributed by atoms with Crippen molar-refractivity contribution >= 4 is 44.9 Å². The van der Waals surface area contributed by atoms with Crippen molar-refractivity contribution in [1.82, 2.24) is 0 Å². The zero-order valence-corrected chi connectivity index (χ0v) is 41.6. The summed E-state index contributed by atoms with van der Waals surface area (Å²) in [5.74, 6) is 0. The van der Waals surface area contributed by atoms with E-state index in [9.17, 15) is 0 Å². The Kier molecular flexibility index (Phi) is 12.5. The van der Waals surface area contributed by atoms with E-state index in [-0.39, 0.29) is 0 Å². The van der Waals surface area contributed by atoms with Crippen molar-refractivity contribution in [3.8, 4) is 66.8 Å². The highest BCUT2D eigenvalue weighted by atomic mass is 15.1. The zero-order valence-electron chi connectivity index (χ0n) is 41.6. The molecule has 0 amide bonds. The minimum Gasteiger partial charge on any atom is -0.311 e. The lowest BCUT2D eigenvalue weighted by molar-refractivity contribution is 1.28. The standard InChI is InChI=1S/C72H54N2/c1-51-45-52(2)47-62(46-51)64-48-63(55-19-10-5-11-20-55)49-70(50-64)74(68-39-27-57(28-40-68)54-17-8-4-9-18-54)69-41-31-59(32-42-69)58-29-37-66(38-30-58)73(65-35-25-56(26-36-65)53-15-6-3-7-16-53)67-43-33-61(34-44-67)72-24-14-22-60-21-12-13-23-71(60)72/h3-50H,1-2H3. The highest BCUT2D eigenvalue weighted by Gasteiger charge is 2.19. The van der Waals surface area contributed by atoms with Crippen molar-refractivity contribution in [2.24, 2.45) is 0 Å². The molecule has 2 nitrogen and oxygen atoms in total. The number of rotatable bonds is 12. The Morgan fingerprint density at radius 3 is 0.946 bits per heavy atom. The molecule has 74 heavy (non-hydrogen) atoms. The van der Waals surface area contributed by atoms with Gasteiger partial charge in [0.25, 0.3) is 0 Å². The van der Waals surface area contributed by atoms with Crippen LogP contribution in [0.4, 0.5) is 34.1 Å². The predicted molar refractivity (Wildman–Crippen MR) is 315 cm³/mol. The molecule has 0 unspecified atom stereocenters. The van der Waals surface area contributed by atoms with Gasteiger partial charge >= 0.3 is 0 Å². The smallest absolute Gasteiger partial charge is 0.0473 e. The van der Waals surface area contributed by atoms with Crippen LogP contribution >= 0.6 is 0 Å². The number of fused-ring (bicyclic) bond motifs is 1. The highest BCUT2D eigenvalue weighted by Crippen LogP contribution is 2.43. The molecule has 0 aliphatic carbocycles. The Labute approximate surface area is 435 Å². The van der Waals surface area contributed by atoms with Crippen LogP contribution in [0, 0.1) is 13.8 Å². The first kappa shape index (κ1) is 45.6. The van der Waals surface area contributed by atoms with E-state index < -0.39 is 0 Å². The normalized spacial score (nSPS) is 11.1. The van der Waals surface area contributed by atoms with Crippen LogP contribution in [0.5, 0.6) is 0 Å². The van der Waals surface area contributed by atoms with E-state index in [0.29, 0.717) is 0 Å². The quantitative estimate of drug-likeness (QED) is 0.120. The molecule has 12 rings (SSSR count). The molecule has 0 spiro atoms. The van der Waals surface area contributed by atoms with Gasteiger partial charge in [0.15, 0.2) is 0 Å². The number of anilines is 6. The molecule has 2 heteroatoms. The van der Waals surface area contributed by atoms with Gasteiger partial charge in [-0.2, -0.15) is 0 Å². The Bertz CT molecular complexity index is 3820. The second kappa shape index (κ2) is 20.3. The molecular formula is C72H54N2. The summed E-state index contributed by atoms with van der Waals surface area (Å²) >= 11 is 0. The van der Waals surface area contributed by atoms with Crippen molar-refractivity contribution < 1.29 is 0 Å². The van der Waals surface area contributed by atoms with Crippen LogP contribution in [-0.2, 0) is 0 Å². The van der Waals surface area contributed by atoms with Gasteiger partial charge in [0, 0.05) is 34.1 Å². The van der Waals surface area contributed by atoms with Gasteiger partial charge in [-0.25, -0.2) is 0 Å². The van der Waals surface area contributed by atoms with E-state index in [1.807, 2.05) is 0 Å². The average Bonchev–Trinajstić information content (AvgIpc) is 3.46. The number of hydrogen-bond donors (Lipinski definition) is 0. The second-order valence-electron chi connectivity index (χ2n) is 19.2. The van der Waals surface area contributed by atoms with E-state index in [2.05, 4.69) is 315 Å². The maximum absolute atomic E-state index is 2.40. The average molecular weight is 947 g/mol. The second-order valence-corrected chi connectivity index (χ2v) is 19.2. The number of nitrogens with zero attached hydrogens (tertiary/aromatic N) is 2. The summed E-state index contributed by atoms with van der Waals surface area (Å²) in [6, 6.07) is 106. The Hall–Kier alpha value is -9.50. The van der Waals surface area contributed by atoms with Crippen molar-refractivity contribution in [2.45, 2.75) is 13.8 Å². The summed E-state index contributed by atoms with van der Waals surface area (Å²) in [4.78, 5) is 4.75. The van der Waals surface area contributed by atoms with Crippen molar-refractivity contribution in [3.63, 3.8) is 0 Å². The summed E-state index contributed by atoms with van der Waals surface area (Å²) in [5, 5.41) is 2.50. The third-order valence-corrected chi connectivity index (χ3v) is 14.1. The van der Waals surface area contributed by atoms with Gasteiger partial charge in [-0.1, -0.05) is 223 Å². The number of aryl methyl sites for hydroxylation is 2. The summed E-state index contributed by atoms with van der Waals surface area (Å²) in [6.45, 7) is 4.36. The lowest BCUT2D eigenvalue weighted by Crippen LogP contribution is -2.10. The first-order valence-electron chi connectivity index (χ1n) is 25.5. The Morgan fingerprint density at radius 2 is 0.514 bits per heavy atom. The summed E-state index contributed by atoms with van der Waals surface area (Å²) in [5.41, 5.74) is 23.2. The topological polar surface area (TPSA) is 6.48 Å². The van der Waals surface area contributed by atoms with Crippen LogP contribution in [0.15, 0.2) is 291 Å². The van der Waals surface area contributed by atoms with Crippen molar-refractivity contribution in [3.05, 3.63) is 302 Å². The van der Waals surface area contributed by atoms with Gasteiger partial charge < -0.3 is 9.80 Å². The fraction of sp³-hybridized carbons (Fsp3) is 0.0278. The molecule has 12 aromatic carbocycles. The molecule has 0 bridgehead atoms. The van der Waals surface area contributed by atoms with E-state index in [0.717, 1.165) is 45.3 Å². The molecule has 352 valence electrons. The molecule has 0 fully saturated rings. The molecule has 0 atom stereocenters. The SMILES string of the molecule is Cc1cc(C)cc(-c2cc(-c3ccccc3)cc(N(c3ccc(-c4ccccc4)cc3)c3ccc(-c4ccc(N(c5ccc(-c6ccccc6)cc5)c5ccc(-c6cccc7ccccc67)cc5)cc4)cc3)c2)c1.